The molecule has 7 rings (SSSR count). The molecule has 0 spiro atoms. The Morgan fingerprint density at radius 2 is 1.83 bits per heavy atom. The fourth-order valence-electron chi connectivity index (χ4n) is 6.30. The van der Waals surface area contributed by atoms with Crippen molar-refractivity contribution in [1.29, 1.82) is 0 Å². The van der Waals surface area contributed by atoms with Gasteiger partial charge in [0.15, 0.2) is 5.65 Å². The lowest BCUT2D eigenvalue weighted by Crippen LogP contribution is -2.53. The van der Waals surface area contributed by atoms with Gasteiger partial charge in [-0.15, -0.1) is 5.10 Å². The summed E-state index contributed by atoms with van der Waals surface area (Å²) >= 11 is 0. The van der Waals surface area contributed by atoms with Crippen LogP contribution in [0.4, 0.5) is 17.3 Å². The first-order valence-electron chi connectivity index (χ1n) is 14.4. The number of aliphatic hydroxyl groups is 1. The lowest BCUT2D eigenvalue weighted by Gasteiger charge is -2.39. The van der Waals surface area contributed by atoms with Crippen LogP contribution < -0.4 is 15.5 Å². The number of anilines is 3. The van der Waals surface area contributed by atoms with E-state index in [4.69, 9.17) is 9.72 Å². The number of benzene rings is 2. The highest BCUT2D eigenvalue weighted by atomic mass is 16.5. The van der Waals surface area contributed by atoms with Gasteiger partial charge in [-0.25, -0.2) is 4.52 Å². The summed E-state index contributed by atoms with van der Waals surface area (Å²) in [5, 5.41) is 22.6. The van der Waals surface area contributed by atoms with Gasteiger partial charge in [-0.2, -0.15) is 4.98 Å². The Morgan fingerprint density at radius 3 is 2.61 bits per heavy atom. The van der Waals surface area contributed by atoms with E-state index in [0.717, 1.165) is 48.8 Å². The highest BCUT2D eigenvalue weighted by Gasteiger charge is 2.39. The number of hydrogen-bond acceptors (Lipinski definition) is 8. The van der Waals surface area contributed by atoms with Crippen LogP contribution in [0.2, 0.25) is 0 Å². The summed E-state index contributed by atoms with van der Waals surface area (Å²) < 4.78 is 7.59. The van der Waals surface area contributed by atoms with E-state index < -0.39 is 5.60 Å². The molecule has 2 aromatic carbocycles. The number of ether oxygens (including phenoxy) is 1. The molecule has 5 heterocycles. The van der Waals surface area contributed by atoms with Crippen LogP contribution in [0.3, 0.4) is 0 Å². The molecule has 1 amide bonds. The van der Waals surface area contributed by atoms with Crippen LogP contribution >= 0.6 is 0 Å². The smallest absolute Gasteiger partial charge is 0.254 e. The molecule has 3 fully saturated rings. The highest BCUT2D eigenvalue weighted by molar-refractivity contribution is 5.95. The Morgan fingerprint density at radius 1 is 1.05 bits per heavy atom. The third-order valence-electron chi connectivity index (χ3n) is 8.70. The molecule has 0 bridgehead atoms. The van der Waals surface area contributed by atoms with Gasteiger partial charge in [-0.05, 0) is 61.7 Å². The summed E-state index contributed by atoms with van der Waals surface area (Å²) in [5.41, 5.74) is 4.56. The van der Waals surface area contributed by atoms with E-state index in [2.05, 4.69) is 45.8 Å². The van der Waals surface area contributed by atoms with Gasteiger partial charge in [0, 0.05) is 50.2 Å². The minimum atomic E-state index is -0.819. The third kappa shape index (κ3) is 4.92. The number of morpholine rings is 1. The van der Waals surface area contributed by atoms with Gasteiger partial charge in [0.25, 0.3) is 5.91 Å². The Labute approximate surface area is 238 Å². The van der Waals surface area contributed by atoms with Gasteiger partial charge in [0.1, 0.15) is 0 Å². The van der Waals surface area contributed by atoms with Crippen molar-refractivity contribution in [1.82, 2.24) is 24.8 Å². The molecule has 3 aliphatic rings. The second-order valence-corrected chi connectivity index (χ2v) is 11.3. The van der Waals surface area contributed by atoms with Gasteiger partial charge in [-0.1, -0.05) is 29.8 Å². The number of carbonyl (C=O) groups is 1. The molecule has 212 valence electrons. The van der Waals surface area contributed by atoms with Crippen molar-refractivity contribution in [3.63, 3.8) is 0 Å². The topological polar surface area (TPSA) is 107 Å². The maximum Gasteiger partial charge on any atom is 0.254 e. The number of rotatable bonds is 5. The number of amides is 1. The van der Waals surface area contributed by atoms with Gasteiger partial charge in [-0.3, -0.25) is 4.79 Å². The van der Waals surface area contributed by atoms with Crippen molar-refractivity contribution in [2.45, 2.75) is 37.5 Å². The number of fused-ring (bicyclic) bond motifs is 2. The van der Waals surface area contributed by atoms with Gasteiger partial charge in [0.2, 0.25) is 5.95 Å². The zero-order valence-electron chi connectivity index (χ0n) is 23.2. The standard InChI is InChI=1S/C31H35N7O3/c1-21-4-8-23(9-5-21)31(40)12-15-36(16-13-31)25-3-2-14-38-28(25)34-30(35-38)33-24-10-6-22(7-11-24)29(39)37-17-18-41-27-20-32-19-26(27)37/h2-11,14,26-27,32,40H,12-13,15-20H2,1H3,(H,33,35)/t26-,27-/m1/s1. The van der Waals surface area contributed by atoms with Crippen molar-refractivity contribution in [3.8, 4) is 0 Å². The molecule has 41 heavy (non-hydrogen) atoms. The molecule has 10 heteroatoms. The zero-order chi connectivity index (χ0) is 28.0. The number of nitrogens with zero attached hydrogens (tertiary/aromatic N) is 5. The molecule has 2 atom stereocenters. The second kappa shape index (κ2) is 10.4. The summed E-state index contributed by atoms with van der Waals surface area (Å²) in [7, 11) is 0. The normalized spacial score (nSPS) is 22.1. The minimum Gasteiger partial charge on any atom is -0.385 e. The summed E-state index contributed by atoms with van der Waals surface area (Å²) in [4.78, 5) is 22.2. The number of carbonyl (C=O) groups excluding carboxylic acids is 1. The summed E-state index contributed by atoms with van der Waals surface area (Å²) in [6, 6.07) is 19.8. The van der Waals surface area contributed by atoms with Crippen molar-refractivity contribution >= 4 is 28.9 Å². The molecule has 3 saturated heterocycles. The summed E-state index contributed by atoms with van der Waals surface area (Å²) in [6.07, 6.45) is 3.25. The molecule has 4 aromatic rings. The van der Waals surface area contributed by atoms with E-state index in [1.54, 1.807) is 4.52 Å². The van der Waals surface area contributed by atoms with Crippen molar-refractivity contribution in [2.75, 3.05) is 49.5 Å². The predicted octanol–water partition coefficient (Wildman–Crippen LogP) is 3.08. The van der Waals surface area contributed by atoms with E-state index in [-0.39, 0.29) is 18.1 Å². The minimum absolute atomic E-state index is 0.0323. The van der Waals surface area contributed by atoms with Crippen molar-refractivity contribution in [2.24, 2.45) is 0 Å². The van der Waals surface area contributed by atoms with E-state index in [1.165, 1.54) is 5.56 Å². The molecular formula is C31H35N7O3. The first-order chi connectivity index (χ1) is 20.0. The SMILES string of the molecule is Cc1ccc(C2(O)CCN(c3cccn4nc(Nc5ccc(C(=O)N6CCO[C@@H]7CNC[C@H]76)cc5)nc34)CC2)cc1. The fraction of sp³-hybridized carbons (Fsp3) is 0.387. The molecule has 3 N–H and O–H groups in total. The van der Waals surface area contributed by atoms with Gasteiger partial charge in [0.05, 0.1) is 30.0 Å². The third-order valence-corrected chi connectivity index (χ3v) is 8.70. The molecule has 0 radical (unpaired) electrons. The second-order valence-electron chi connectivity index (χ2n) is 11.3. The van der Waals surface area contributed by atoms with Crippen LogP contribution in [0.5, 0.6) is 0 Å². The van der Waals surface area contributed by atoms with E-state index in [0.29, 0.717) is 37.5 Å². The molecule has 0 saturated carbocycles. The van der Waals surface area contributed by atoms with Crippen LogP contribution in [0.15, 0.2) is 66.9 Å². The van der Waals surface area contributed by atoms with Crippen LogP contribution in [0, 0.1) is 6.92 Å². The van der Waals surface area contributed by atoms with Crippen molar-refractivity contribution in [3.05, 3.63) is 83.6 Å². The van der Waals surface area contributed by atoms with Crippen LogP contribution in [0.25, 0.3) is 5.65 Å². The maximum absolute atomic E-state index is 13.2. The lowest BCUT2D eigenvalue weighted by molar-refractivity contribution is -0.0364. The average molecular weight is 554 g/mol. The van der Waals surface area contributed by atoms with Crippen LogP contribution in [-0.4, -0.2) is 82.0 Å². The number of nitrogens with one attached hydrogen (secondary N) is 2. The summed E-state index contributed by atoms with van der Waals surface area (Å²) in [5.74, 6) is 0.516. The Hall–Kier alpha value is -3.99. The van der Waals surface area contributed by atoms with Crippen LogP contribution in [0.1, 0.15) is 34.3 Å². The highest BCUT2D eigenvalue weighted by Crippen LogP contribution is 2.35. The maximum atomic E-state index is 13.2. The van der Waals surface area contributed by atoms with E-state index >= 15 is 0 Å². The van der Waals surface area contributed by atoms with Gasteiger partial charge < -0.3 is 30.3 Å². The molecule has 3 aliphatic heterocycles. The monoisotopic (exact) mass is 553 g/mol. The fourth-order valence-corrected chi connectivity index (χ4v) is 6.30. The first-order valence-corrected chi connectivity index (χ1v) is 14.4. The van der Waals surface area contributed by atoms with Gasteiger partial charge >= 0.3 is 0 Å². The number of pyridine rings is 1. The predicted molar refractivity (Wildman–Crippen MR) is 157 cm³/mol. The number of piperidine rings is 1. The Kier molecular flexibility index (Phi) is 6.61. The number of hydrogen-bond donors (Lipinski definition) is 3. The first kappa shape index (κ1) is 25.9. The lowest BCUT2D eigenvalue weighted by atomic mass is 9.84. The Balaban J connectivity index is 1.04. The quantitative estimate of drug-likeness (QED) is 0.346. The molecule has 0 aliphatic carbocycles. The molecule has 2 aromatic heterocycles. The molecule has 0 unspecified atom stereocenters. The molecular weight excluding hydrogens is 518 g/mol. The Bertz CT molecular complexity index is 1540. The zero-order valence-corrected chi connectivity index (χ0v) is 23.2. The van der Waals surface area contributed by atoms with Crippen LogP contribution in [-0.2, 0) is 10.3 Å². The van der Waals surface area contributed by atoms with E-state index in [1.807, 2.05) is 53.6 Å². The number of aromatic nitrogens is 3. The summed E-state index contributed by atoms with van der Waals surface area (Å²) in [6.45, 7) is 6.23. The number of aryl methyl sites for hydroxylation is 1. The largest absolute Gasteiger partial charge is 0.385 e. The molecule has 10 nitrogen and oxygen atoms in total. The van der Waals surface area contributed by atoms with Crippen molar-refractivity contribution < 1.29 is 14.6 Å². The average Bonchev–Trinajstić information content (AvgIpc) is 3.65. The van der Waals surface area contributed by atoms with E-state index in [9.17, 15) is 9.90 Å².